The van der Waals surface area contributed by atoms with Crippen LogP contribution in [0.4, 0.5) is 19.4 Å². The third-order valence-electron chi connectivity index (χ3n) is 5.32. The van der Waals surface area contributed by atoms with Gasteiger partial charge in [-0.3, -0.25) is 0 Å². The molecule has 3 N–H and O–H groups in total. The minimum Gasteiger partial charge on any atom is -0.478 e. The molecule has 0 spiro atoms. The van der Waals surface area contributed by atoms with Crippen LogP contribution in [0.25, 0.3) is 16.5 Å². The summed E-state index contributed by atoms with van der Waals surface area (Å²) in [4.78, 5) is 20.7. The number of anilines is 1. The number of aromatic nitrogens is 1. The predicted octanol–water partition coefficient (Wildman–Crippen LogP) is 4.84. The standard InChI is InChI=1S/C22H21ClF2N4O4/c1-11(17-15(24)3-4-16(25)18(17)23)32-20-19-13(9-28-21(20)26)14(10-31-19)12-5-7-29(8-6-12)33-22(30)27-2/h3-5,9-11H,6-8H2,1-2H3,(H2,26,28)(H,27,30)/t11-/m1/s1. The molecule has 174 valence electrons. The number of fused-ring (bicyclic) bond motifs is 1. The number of nitrogens with one attached hydrogen (secondary N) is 1. The van der Waals surface area contributed by atoms with E-state index in [0.29, 0.717) is 30.5 Å². The minimum atomic E-state index is -0.972. The molecule has 0 unspecified atom stereocenters. The maximum atomic E-state index is 14.3. The van der Waals surface area contributed by atoms with Crippen molar-refractivity contribution in [2.75, 3.05) is 25.9 Å². The highest BCUT2D eigenvalue weighted by atomic mass is 35.5. The number of nitrogen functional groups attached to an aromatic ring is 1. The molecule has 1 aliphatic heterocycles. The van der Waals surface area contributed by atoms with E-state index in [1.807, 2.05) is 6.08 Å². The van der Waals surface area contributed by atoms with Gasteiger partial charge >= 0.3 is 6.09 Å². The van der Waals surface area contributed by atoms with Gasteiger partial charge in [0.05, 0.1) is 23.2 Å². The van der Waals surface area contributed by atoms with Crippen molar-refractivity contribution in [2.24, 2.45) is 0 Å². The second kappa shape index (κ2) is 9.24. The van der Waals surface area contributed by atoms with Gasteiger partial charge in [0.25, 0.3) is 0 Å². The molecular weight excluding hydrogens is 458 g/mol. The Morgan fingerprint density at radius 1 is 1.36 bits per heavy atom. The quantitative estimate of drug-likeness (QED) is 0.506. The van der Waals surface area contributed by atoms with E-state index in [2.05, 4.69) is 10.3 Å². The number of hydrogen-bond acceptors (Lipinski definition) is 7. The number of rotatable bonds is 5. The molecule has 8 nitrogen and oxygen atoms in total. The Morgan fingerprint density at radius 3 is 2.82 bits per heavy atom. The second-order valence-electron chi connectivity index (χ2n) is 7.38. The molecule has 3 heterocycles. The number of ether oxygens (including phenoxy) is 1. The third kappa shape index (κ3) is 4.44. The molecular formula is C22H21ClF2N4O4. The molecule has 1 aromatic carbocycles. The number of nitrogens with zero attached hydrogens (tertiary/aromatic N) is 2. The van der Waals surface area contributed by atoms with Crippen LogP contribution in [-0.2, 0) is 4.84 Å². The zero-order valence-electron chi connectivity index (χ0n) is 17.8. The van der Waals surface area contributed by atoms with Gasteiger partial charge in [-0.2, -0.15) is 0 Å². The van der Waals surface area contributed by atoms with Gasteiger partial charge in [-0.05, 0) is 31.1 Å². The van der Waals surface area contributed by atoms with Crippen molar-refractivity contribution in [1.82, 2.24) is 15.4 Å². The predicted molar refractivity (Wildman–Crippen MR) is 119 cm³/mol. The summed E-state index contributed by atoms with van der Waals surface area (Å²) >= 11 is 5.96. The van der Waals surface area contributed by atoms with Gasteiger partial charge in [0.15, 0.2) is 11.4 Å². The Hall–Kier alpha value is -3.37. The van der Waals surface area contributed by atoms with Crippen molar-refractivity contribution in [3.05, 3.63) is 58.5 Å². The number of carbonyl (C=O) groups is 1. The molecule has 2 aromatic heterocycles. The van der Waals surface area contributed by atoms with E-state index in [1.165, 1.54) is 19.0 Å². The van der Waals surface area contributed by atoms with E-state index >= 15 is 0 Å². The molecule has 4 rings (SSSR count). The molecule has 0 saturated carbocycles. The van der Waals surface area contributed by atoms with Crippen molar-refractivity contribution in [1.29, 1.82) is 0 Å². The minimum absolute atomic E-state index is 0.0333. The smallest absolute Gasteiger partial charge is 0.426 e. The average molecular weight is 479 g/mol. The van der Waals surface area contributed by atoms with Crippen LogP contribution in [0.15, 0.2) is 35.1 Å². The van der Waals surface area contributed by atoms with Crippen molar-refractivity contribution in [2.45, 2.75) is 19.4 Å². The Balaban J connectivity index is 1.63. The third-order valence-corrected chi connectivity index (χ3v) is 5.70. The summed E-state index contributed by atoms with van der Waals surface area (Å²) in [6.45, 7) is 2.41. The van der Waals surface area contributed by atoms with E-state index in [1.54, 1.807) is 12.5 Å². The van der Waals surface area contributed by atoms with Crippen LogP contribution in [0.1, 0.15) is 30.6 Å². The first-order chi connectivity index (χ1) is 15.8. The number of halogens is 3. The molecule has 1 atom stereocenters. The summed E-state index contributed by atoms with van der Waals surface area (Å²) < 4.78 is 39.8. The highest BCUT2D eigenvalue weighted by Gasteiger charge is 2.25. The monoisotopic (exact) mass is 478 g/mol. The fraction of sp³-hybridized carbons (Fsp3) is 0.273. The van der Waals surface area contributed by atoms with Gasteiger partial charge in [0.2, 0.25) is 5.75 Å². The number of benzene rings is 1. The van der Waals surface area contributed by atoms with Crippen molar-refractivity contribution in [3.63, 3.8) is 0 Å². The lowest BCUT2D eigenvalue weighted by atomic mass is 10.0. The SMILES string of the molecule is CNC(=O)ON1CC=C(c2coc3c(O[C@H](C)c4c(F)ccc(F)c4Cl)c(N)ncc23)CC1. The number of hydrogen-bond donors (Lipinski definition) is 2. The van der Waals surface area contributed by atoms with E-state index in [4.69, 9.17) is 31.3 Å². The Morgan fingerprint density at radius 2 is 2.12 bits per heavy atom. The van der Waals surface area contributed by atoms with Crippen molar-refractivity contribution in [3.8, 4) is 5.75 Å². The van der Waals surface area contributed by atoms with E-state index in [0.717, 1.165) is 23.3 Å². The topological polar surface area (TPSA) is 103 Å². The summed E-state index contributed by atoms with van der Waals surface area (Å²) in [5.41, 5.74) is 7.95. The van der Waals surface area contributed by atoms with Crippen LogP contribution < -0.4 is 15.8 Å². The van der Waals surface area contributed by atoms with Gasteiger partial charge in [-0.1, -0.05) is 17.7 Å². The summed E-state index contributed by atoms with van der Waals surface area (Å²) in [5, 5.41) is 4.21. The normalized spacial score (nSPS) is 15.2. The first-order valence-corrected chi connectivity index (χ1v) is 10.5. The molecule has 3 aromatic rings. The van der Waals surface area contributed by atoms with Gasteiger partial charge in [0, 0.05) is 30.9 Å². The lowest BCUT2D eigenvalue weighted by molar-refractivity contribution is -0.0906. The molecule has 0 radical (unpaired) electrons. The van der Waals surface area contributed by atoms with E-state index < -0.39 is 23.8 Å². The first kappa shape index (κ1) is 22.8. The van der Waals surface area contributed by atoms with E-state index in [9.17, 15) is 13.6 Å². The maximum absolute atomic E-state index is 14.3. The largest absolute Gasteiger partial charge is 0.478 e. The lowest BCUT2D eigenvalue weighted by Gasteiger charge is -2.24. The molecule has 1 amide bonds. The molecule has 11 heteroatoms. The van der Waals surface area contributed by atoms with Gasteiger partial charge in [0.1, 0.15) is 17.7 Å². The zero-order chi connectivity index (χ0) is 23.7. The molecule has 33 heavy (non-hydrogen) atoms. The fourth-order valence-electron chi connectivity index (χ4n) is 3.63. The van der Waals surface area contributed by atoms with Crippen LogP contribution in [0, 0.1) is 11.6 Å². The summed E-state index contributed by atoms with van der Waals surface area (Å²) in [6, 6.07) is 1.93. The van der Waals surface area contributed by atoms with Gasteiger partial charge in [-0.15, -0.1) is 5.06 Å². The summed E-state index contributed by atoms with van der Waals surface area (Å²) in [5.74, 6) is -1.33. The molecule has 0 fully saturated rings. The van der Waals surface area contributed by atoms with Crippen LogP contribution in [0.3, 0.4) is 0 Å². The number of hydroxylamine groups is 2. The number of furan rings is 1. The fourth-order valence-corrected chi connectivity index (χ4v) is 3.94. The molecule has 0 aliphatic carbocycles. The van der Waals surface area contributed by atoms with Crippen LogP contribution >= 0.6 is 11.6 Å². The van der Waals surface area contributed by atoms with Crippen molar-refractivity contribution < 1.29 is 27.6 Å². The summed E-state index contributed by atoms with van der Waals surface area (Å²) in [6.07, 6.45) is 4.11. The van der Waals surface area contributed by atoms with E-state index in [-0.39, 0.29) is 22.2 Å². The molecule has 0 saturated heterocycles. The Bertz CT molecular complexity index is 1250. The Kier molecular flexibility index (Phi) is 6.39. The number of amides is 1. The van der Waals surface area contributed by atoms with Crippen molar-refractivity contribution >= 4 is 40.1 Å². The highest BCUT2D eigenvalue weighted by molar-refractivity contribution is 6.31. The van der Waals surface area contributed by atoms with Crippen LogP contribution in [-0.4, -0.2) is 36.3 Å². The Labute approximate surface area is 192 Å². The summed E-state index contributed by atoms with van der Waals surface area (Å²) in [7, 11) is 1.49. The highest BCUT2D eigenvalue weighted by Crippen LogP contribution is 2.40. The number of carbonyl (C=O) groups excluding carboxylic acids is 1. The van der Waals surface area contributed by atoms with Crippen LogP contribution in [0.2, 0.25) is 5.02 Å². The van der Waals surface area contributed by atoms with Gasteiger partial charge in [-0.25, -0.2) is 18.6 Å². The average Bonchev–Trinajstić information content (AvgIpc) is 3.23. The molecule has 0 bridgehead atoms. The number of pyridine rings is 1. The van der Waals surface area contributed by atoms with Crippen LogP contribution in [0.5, 0.6) is 5.75 Å². The lowest BCUT2D eigenvalue weighted by Crippen LogP contribution is -2.34. The second-order valence-corrected chi connectivity index (χ2v) is 7.76. The molecule has 1 aliphatic rings. The number of nitrogens with two attached hydrogens (primary N) is 1. The zero-order valence-corrected chi connectivity index (χ0v) is 18.6. The maximum Gasteiger partial charge on any atom is 0.426 e. The van der Waals surface area contributed by atoms with Gasteiger partial charge < -0.3 is 25.0 Å². The first-order valence-electron chi connectivity index (χ1n) is 10.1.